The molecule has 1 aromatic rings. The lowest BCUT2D eigenvalue weighted by atomic mass is 10.0. The monoisotopic (exact) mass is 320 g/mol. The van der Waals surface area contributed by atoms with Gasteiger partial charge in [-0.05, 0) is 37.8 Å². The molecule has 1 aliphatic rings. The number of ether oxygens (including phenoxy) is 1. The SMILES string of the molecule is CCCCCCC(N)(O)COc1cccc2c1CCCC(=O)N2. The van der Waals surface area contributed by atoms with Crippen LogP contribution < -0.4 is 15.8 Å². The van der Waals surface area contributed by atoms with Gasteiger partial charge in [-0.25, -0.2) is 0 Å². The van der Waals surface area contributed by atoms with Crippen molar-refractivity contribution in [3.63, 3.8) is 0 Å². The minimum Gasteiger partial charge on any atom is -0.489 e. The molecule has 23 heavy (non-hydrogen) atoms. The number of rotatable bonds is 8. The highest BCUT2D eigenvalue weighted by Gasteiger charge is 2.23. The highest BCUT2D eigenvalue weighted by Crippen LogP contribution is 2.31. The first kappa shape index (κ1) is 17.8. The molecule has 0 saturated heterocycles. The van der Waals surface area contributed by atoms with Crippen LogP contribution in [0.25, 0.3) is 0 Å². The normalized spacial score (nSPS) is 16.9. The molecule has 128 valence electrons. The molecule has 1 aromatic carbocycles. The zero-order valence-electron chi connectivity index (χ0n) is 13.9. The van der Waals surface area contributed by atoms with E-state index >= 15 is 0 Å². The third-order valence-electron chi connectivity index (χ3n) is 4.18. The van der Waals surface area contributed by atoms with Crippen LogP contribution in [-0.4, -0.2) is 23.3 Å². The van der Waals surface area contributed by atoms with Gasteiger partial charge in [0.2, 0.25) is 5.91 Å². The van der Waals surface area contributed by atoms with E-state index in [1.807, 2.05) is 18.2 Å². The number of amides is 1. The molecular weight excluding hydrogens is 292 g/mol. The summed E-state index contributed by atoms with van der Waals surface area (Å²) in [6.45, 7) is 2.21. The summed E-state index contributed by atoms with van der Waals surface area (Å²) in [4.78, 5) is 11.6. The Balaban J connectivity index is 1.95. The number of hydrogen-bond acceptors (Lipinski definition) is 4. The number of nitrogens with one attached hydrogen (secondary N) is 1. The Morgan fingerprint density at radius 3 is 2.91 bits per heavy atom. The maximum absolute atomic E-state index is 11.6. The number of unbranched alkanes of at least 4 members (excludes halogenated alkanes) is 3. The Kier molecular flexibility index (Phi) is 6.42. The molecule has 4 N–H and O–H groups in total. The van der Waals surface area contributed by atoms with Crippen molar-refractivity contribution in [3.8, 4) is 5.75 Å². The van der Waals surface area contributed by atoms with E-state index in [9.17, 15) is 9.90 Å². The Labute approximate surface area is 138 Å². The van der Waals surface area contributed by atoms with Crippen molar-refractivity contribution >= 4 is 11.6 Å². The van der Waals surface area contributed by atoms with Gasteiger partial charge in [-0.15, -0.1) is 0 Å². The van der Waals surface area contributed by atoms with Gasteiger partial charge in [-0.2, -0.15) is 0 Å². The number of hydrogen-bond donors (Lipinski definition) is 3. The molecule has 0 fully saturated rings. The lowest BCUT2D eigenvalue weighted by Crippen LogP contribution is -2.45. The first-order valence-electron chi connectivity index (χ1n) is 8.57. The van der Waals surface area contributed by atoms with E-state index in [4.69, 9.17) is 10.5 Å². The number of benzene rings is 1. The summed E-state index contributed by atoms with van der Waals surface area (Å²) in [5, 5.41) is 13.2. The molecular formula is C18H28N2O3. The third-order valence-corrected chi connectivity index (χ3v) is 4.18. The van der Waals surface area contributed by atoms with Crippen LogP contribution in [0.5, 0.6) is 5.75 Å². The minimum atomic E-state index is -1.32. The molecule has 2 rings (SSSR count). The minimum absolute atomic E-state index is 0.0344. The molecule has 0 aliphatic carbocycles. The maximum atomic E-state index is 11.6. The fraction of sp³-hybridized carbons (Fsp3) is 0.611. The van der Waals surface area contributed by atoms with Crippen molar-refractivity contribution in [3.05, 3.63) is 23.8 Å². The smallest absolute Gasteiger partial charge is 0.224 e. The Hall–Kier alpha value is -1.59. The summed E-state index contributed by atoms with van der Waals surface area (Å²) in [6.07, 6.45) is 6.90. The Morgan fingerprint density at radius 1 is 1.30 bits per heavy atom. The summed E-state index contributed by atoms with van der Waals surface area (Å²) in [5.41, 5.74) is 6.41. The summed E-state index contributed by atoms with van der Waals surface area (Å²) in [7, 11) is 0. The van der Waals surface area contributed by atoms with Gasteiger partial charge >= 0.3 is 0 Å². The van der Waals surface area contributed by atoms with Gasteiger partial charge in [0.05, 0.1) is 0 Å². The predicted molar refractivity (Wildman–Crippen MR) is 91.4 cm³/mol. The van der Waals surface area contributed by atoms with Crippen LogP contribution in [0.1, 0.15) is 57.4 Å². The number of carbonyl (C=O) groups excluding carboxylic acids is 1. The fourth-order valence-electron chi connectivity index (χ4n) is 2.85. The zero-order valence-corrected chi connectivity index (χ0v) is 13.9. The van der Waals surface area contributed by atoms with Crippen LogP contribution in [0.2, 0.25) is 0 Å². The van der Waals surface area contributed by atoms with Crippen LogP contribution in [0.3, 0.4) is 0 Å². The van der Waals surface area contributed by atoms with Gasteiger partial charge in [0, 0.05) is 17.7 Å². The number of anilines is 1. The van der Waals surface area contributed by atoms with Crippen molar-refractivity contribution in [1.82, 2.24) is 0 Å². The lowest BCUT2D eigenvalue weighted by molar-refractivity contribution is -0.116. The quantitative estimate of drug-likeness (QED) is 0.508. The Morgan fingerprint density at radius 2 is 2.13 bits per heavy atom. The third kappa shape index (κ3) is 5.52. The molecule has 0 aromatic heterocycles. The van der Waals surface area contributed by atoms with E-state index in [2.05, 4.69) is 12.2 Å². The van der Waals surface area contributed by atoms with Gasteiger partial charge in [0.1, 0.15) is 18.1 Å². The standard InChI is InChI=1S/C18H28N2O3/c1-2-3-4-5-12-18(19,22)13-23-16-10-7-9-15-14(16)8-6-11-17(21)20-15/h7,9-10,22H,2-6,8,11-13,19H2,1H3,(H,20,21). The summed E-state index contributed by atoms with van der Waals surface area (Å²) < 4.78 is 5.79. The molecule has 1 unspecified atom stereocenters. The Bertz CT molecular complexity index is 529. The number of aliphatic hydroxyl groups is 1. The van der Waals surface area contributed by atoms with Crippen LogP contribution in [0, 0.1) is 0 Å². The van der Waals surface area contributed by atoms with E-state index in [1.165, 1.54) is 0 Å². The van der Waals surface area contributed by atoms with E-state index in [0.717, 1.165) is 49.8 Å². The molecule has 1 heterocycles. The topological polar surface area (TPSA) is 84.6 Å². The van der Waals surface area contributed by atoms with Gasteiger partial charge in [-0.1, -0.05) is 32.3 Å². The van der Waals surface area contributed by atoms with Crippen LogP contribution >= 0.6 is 0 Å². The van der Waals surface area contributed by atoms with Crippen molar-refractivity contribution in [2.45, 2.75) is 64.0 Å². The van der Waals surface area contributed by atoms with E-state index in [0.29, 0.717) is 18.6 Å². The first-order chi connectivity index (χ1) is 11.0. The number of nitrogens with two attached hydrogens (primary N) is 1. The van der Waals surface area contributed by atoms with Gasteiger partial charge < -0.3 is 20.9 Å². The van der Waals surface area contributed by atoms with Crippen molar-refractivity contribution in [1.29, 1.82) is 0 Å². The fourth-order valence-corrected chi connectivity index (χ4v) is 2.85. The molecule has 5 heteroatoms. The average molecular weight is 320 g/mol. The summed E-state index contributed by atoms with van der Waals surface area (Å²) in [5.74, 6) is 0.731. The molecule has 0 spiro atoms. The van der Waals surface area contributed by atoms with Crippen molar-refractivity contribution < 1.29 is 14.6 Å². The van der Waals surface area contributed by atoms with Gasteiger partial charge in [0.25, 0.3) is 0 Å². The summed E-state index contributed by atoms with van der Waals surface area (Å²) in [6, 6.07) is 5.59. The van der Waals surface area contributed by atoms with Gasteiger partial charge in [0.15, 0.2) is 0 Å². The molecule has 1 atom stereocenters. The lowest BCUT2D eigenvalue weighted by Gasteiger charge is -2.24. The average Bonchev–Trinajstić information content (AvgIpc) is 2.70. The highest BCUT2D eigenvalue weighted by atomic mass is 16.5. The maximum Gasteiger partial charge on any atom is 0.224 e. The number of carbonyl (C=O) groups is 1. The molecule has 1 aliphatic heterocycles. The van der Waals surface area contributed by atoms with E-state index in [1.54, 1.807) is 0 Å². The second-order valence-electron chi connectivity index (χ2n) is 6.39. The number of fused-ring (bicyclic) bond motifs is 1. The zero-order chi connectivity index (χ0) is 16.7. The first-order valence-corrected chi connectivity index (χ1v) is 8.57. The molecule has 5 nitrogen and oxygen atoms in total. The molecule has 1 amide bonds. The molecule has 0 radical (unpaired) electrons. The summed E-state index contributed by atoms with van der Waals surface area (Å²) >= 11 is 0. The van der Waals surface area contributed by atoms with E-state index in [-0.39, 0.29) is 12.5 Å². The van der Waals surface area contributed by atoms with Crippen LogP contribution in [-0.2, 0) is 11.2 Å². The predicted octanol–water partition coefficient (Wildman–Crippen LogP) is 2.96. The molecule has 0 saturated carbocycles. The van der Waals surface area contributed by atoms with Crippen molar-refractivity contribution in [2.75, 3.05) is 11.9 Å². The second kappa shape index (κ2) is 8.31. The van der Waals surface area contributed by atoms with Crippen LogP contribution in [0.15, 0.2) is 18.2 Å². The highest BCUT2D eigenvalue weighted by molar-refractivity contribution is 5.92. The van der Waals surface area contributed by atoms with Crippen LogP contribution in [0.4, 0.5) is 5.69 Å². The van der Waals surface area contributed by atoms with Gasteiger partial charge in [-0.3, -0.25) is 4.79 Å². The molecule has 0 bridgehead atoms. The van der Waals surface area contributed by atoms with E-state index < -0.39 is 5.72 Å². The second-order valence-corrected chi connectivity index (χ2v) is 6.39. The van der Waals surface area contributed by atoms with Crippen molar-refractivity contribution in [2.24, 2.45) is 5.73 Å². The largest absolute Gasteiger partial charge is 0.489 e.